The number of hydrogen-bond acceptors (Lipinski definition) is 5. The molecular weight excluding hydrogens is 260 g/mol. The minimum Gasteiger partial charge on any atom is -0.312 e. The van der Waals surface area contributed by atoms with Gasteiger partial charge in [-0.3, -0.25) is 9.79 Å². The molecule has 2 N–H and O–H groups in total. The van der Waals surface area contributed by atoms with Gasteiger partial charge in [-0.05, 0) is 6.07 Å². The molecule has 1 aromatic carbocycles. The highest BCUT2D eigenvalue weighted by molar-refractivity contribution is 7.11. The average Bonchev–Trinajstić information content (AvgIpc) is 2.94. The van der Waals surface area contributed by atoms with Crippen LogP contribution in [-0.4, -0.2) is 29.8 Å². The monoisotopic (exact) mass is 272 g/mol. The Bertz CT molecular complexity index is 650. The molecule has 1 aliphatic rings. The number of rotatable bonds is 1. The van der Waals surface area contributed by atoms with Crippen molar-refractivity contribution in [3.05, 3.63) is 46.4 Å². The van der Waals surface area contributed by atoms with Gasteiger partial charge in [-0.25, -0.2) is 4.98 Å². The molecule has 96 valence electrons. The van der Waals surface area contributed by atoms with Crippen molar-refractivity contribution in [1.29, 1.82) is 0 Å². The van der Waals surface area contributed by atoms with Gasteiger partial charge >= 0.3 is 0 Å². The third-order valence-corrected chi connectivity index (χ3v) is 3.79. The summed E-state index contributed by atoms with van der Waals surface area (Å²) in [5.74, 6) is -0.223. The van der Waals surface area contributed by atoms with Crippen LogP contribution in [0.15, 0.2) is 40.8 Å². The Morgan fingerprint density at radius 3 is 2.89 bits per heavy atom. The van der Waals surface area contributed by atoms with Crippen LogP contribution >= 0.6 is 11.3 Å². The maximum absolute atomic E-state index is 12.1. The fourth-order valence-electron chi connectivity index (χ4n) is 2.06. The maximum Gasteiger partial charge on any atom is 0.266 e. The van der Waals surface area contributed by atoms with E-state index in [0.717, 1.165) is 16.3 Å². The number of nitrogens with zero attached hydrogens (tertiary/aromatic N) is 3. The van der Waals surface area contributed by atoms with E-state index in [4.69, 9.17) is 5.73 Å². The number of nitrogens with two attached hydrogens (primary N) is 1. The highest BCUT2D eigenvalue weighted by Gasteiger charge is 2.27. The summed E-state index contributed by atoms with van der Waals surface area (Å²) >= 11 is 1.48. The van der Waals surface area contributed by atoms with E-state index in [1.807, 2.05) is 29.6 Å². The molecule has 2 heterocycles. The van der Waals surface area contributed by atoms with Crippen molar-refractivity contribution in [2.45, 2.75) is 6.17 Å². The minimum absolute atomic E-state index is 0.223. The van der Waals surface area contributed by atoms with Crippen LogP contribution in [0.2, 0.25) is 0 Å². The van der Waals surface area contributed by atoms with Gasteiger partial charge in [0.15, 0.2) is 6.17 Å². The molecule has 1 aliphatic heterocycles. The Kier molecular flexibility index (Phi) is 2.88. The first-order chi connectivity index (χ1) is 9.18. The number of anilines is 1. The van der Waals surface area contributed by atoms with E-state index < -0.39 is 6.17 Å². The minimum atomic E-state index is -0.892. The number of benzodiazepines with no additional fused rings is 1. The Morgan fingerprint density at radius 2 is 2.16 bits per heavy atom. The first-order valence-electron chi connectivity index (χ1n) is 5.78. The van der Waals surface area contributed by atoms with E-state index in [1.54, 1.807) is 18.1 Å². The van der Waals surface area contributed by atoms with Crippen LogP contribution in [0.25, 0.3) is 0 Å². The largest absolute Gasteiger partial charge is 0.312 e. The van der Waals surface area contributed by atoms with E-state index >= 15 is 0 Å². The topological polar surface area (TPSA) is 71.6 Å². The van der Waals surface area contributed by atoms with Crippen molar-refractivity contribution in [2.24, 2.45) is 10.7 Å². The highest BCUT2D eigenvalue weighted by Crippen LogP contribution is 2.27. The zero-order chi connectivity index (χ0) is 13.4. The molecule has 19 heavy (non-hydrogen) atoms. The number of benzene rings is 1. The van der Waals surface area contributed by atoms with E-state index in [9.17, 15) is 4.79 Å². The molecule has 0 saturated heterocycles. The van der Waals surface area contributed by atoms with Gasteiger partial charge in [0, 0.05) is 24.2 Å². The molecule has 0 saturated carbocycles. The first-order valence-corrected chi connectivity index (χ1v) is 6.66. The van der Waals surface area contributed by atoms with Gasteiger partial charge in [-0.1, -0.05) is 18.2 Å². The molecule has 2 aromatic rings. The summed E-state index contributed by atoms with van der Waals surface area (Å²) < 4.78 is 0. The number of carbonyl (C=O) groups excluding carboxylic acids is 1. The summed E-state index contributed by atoms with van der Waals surface area (Å²) in [5.41, 5.74) is 8.20. The summed E-state index contributed by atoms with van der Waals surface area (Å²) in [6.45, 7) is 0. The maximum atomic E-state index is 12.1. The van der Waals surface area contributed by atoms with Gasteiger partial charge in [-0.2, -0.15) is 0 Å². The Labute approximate surface area is 114 Å². The molecule has 0 fully saturated rings. The Morgan fingerprint density at radius 1 is 1.37 bits per heavy atom. The molecule has 3 rings (SSSR count). The number of thiazole rings is 1. The van der Waals surface area contributed by atoms with Crippen molar-refractivity contribution in [2.75, 3.05) is 11.9 Å². The third kappa shape index (κ3) is 1.94. The normalized spacial score (nSPS) is 18.8. The summed E-state index contributed by atoms with van der Waals surface area (Å²) in [4.78, 5) is 22.3. The van der Waals surface area contributed by atoms with Crippen molar-refractivity contribution < 1.29 is 4.79 Å². The number of amides is 1. The molecule has 1 aromatic heterocycles. The number of hydrogen-bond donors (Lipinski definition) is 1. The second-order valence-electron chi connectivity index (χ2n) is 4.17. The summed E-state index contributed by atoms with van der Waals surface area (Å²) in [6, 6.07) is 7.61. The molecule has 1 atom stereocenters. The predicted molar refractivity (Wildman–Crippen MR) is 75.6 cm³/mol. The quantitative estimate of drug-likeness (QED) is 0.849. The summed E-state index contributed by atoms with van der Waals surface area (Å²) in [5, 5.41) is 2.65. The van der Waals surface area contributed by atoms with Crippen LogP contribution in [0.5, 0.6) is 0 Å². The van der Waals surface area contributed by atoms with Gasteiger partial charge in [0.2, 0.25) is 0 Å². The standard InChI is InChI=1S/C13H12N4OS/c1-17-9-5-3-2-4-8(9)10(12-15-6-7-19-12)16-11(14)13(17)18/h2-7,11H,14H2,1H3. The Hall–Kier alpha value is -2.05. The molecule has 0 spiro atoms. The SMILES string of the molecule is CN1C(=O)C(N)N=C(c2nccs2)c2ccccc21. The number of carbonyl (C=O) groups is 1. The lowest BCUT2D eigenvalue weighted by Gasteiger charge is -2.18. The number of aliphatic imine (C=N–C) groups is 1. The van der Waals surface area contributed by atoms with Crippen LogP contribution in [-0.2, 0) is 4.79 Å². The molecule has 1 amide bonds. The van der Waals surface area contributed by atoms with Crippen molar-refractivity contribution >= 4 is 28.6 Å². The van der Waals surface area contributed by atoms with Gasteiger partial charge < -0.3 is 10.6 Å². The van der Waals surface area contributed by atoms with Gasteiger partial charge in [0.05, 0.1) is 5.69 Å². The summed E-state index contributed by atoms with van der Waals surface area (Å²) in [7, 11) is 1.71. The summed E-state index contributed by atoms with van der Waals surface area (Å²) in [6.07, 6.45) is 0.823. The van der Waals surface area contributed by atoms with Crippen molar-refractivity contribution in [3.8, 4) is 0 Å². The molecule has 0 bridgehead atoms. The third-order valence-electron chi connectivity index (χ3n) is 3.01. The second-order valence-corrected chi connectivity index (χ2v) is 5.07. The van der Waals surface area contributed by atoms with E-state index in [-0.39, 0.29) is 5.91 Å². The number of para-hydroxylation sites is 1. The lowest BCUT2D eigenvalue weighted by atomic mass is 10.1. The fourth-order valence-corrected chi connectivity index (χ4v) is 2.70. The smallest absolute Gasteiger partial charge is 0.266 e. The van der Waals surface area contributed by atoms with Gasteiger partial charge in [0.25, 0.3) is 5.91 Å². The lowest BCUT2D eigenvalue weighted by molar-refractivity contribution is -0.119. The Balaban J connectivity index is 2.25. The van der Waals surface area contributed by atoms with E-state index in [2.05, 4.69) is 9.98 Å². The number of aromatic nitrogens is 1. The van der Waals surface area contributed by atoms with E-state index in [1.165, 1.54) is 11.3 Å². The number of likely N-dealkylation sites (N-methyl/N-ethyl adjacent to an activating group) is 1. The lowest BCUT2D eigenvalue weighted by Crippen LogP contribution is -2.39. The van der Waals surface area contributed by atoms with Crippen LogP contribution in [0.3, 0.4) is 0 Å². The van der Waals surface area contributed by atoms with Crippen LogP contribution in [0, 0.1) is 0 Å². The van der Waals surface area contributed by atoms with Crippen LogP contribution < -0.4 is 10.6 Å². The fraction of sp³-hybridized carbons (Fsp3) is 0.154. The van der Waals surface area contributed by atoms with Gasteiger partial charge in [-0.15, -0.1) is 11.3 Å². The van der Waals surface area contributed by atoms with Gasteiger partial charge in [0.1, 0.15) is 10.7 Å². The molecular formula is C13H12N4OS. The van der Waals surface area contributed by atoms with Crippen LogP contribution in [0.4, 0.5) is 5.69 Å². The zero-order valence-electron chi connectivity index (χ0n) is 10.3. The average molecular weight is 272 g/mol. The first kappa shape index (κ1) is 12.0. The molecule has 5 nitrogen and oxygen atoms in total. The second kappa shape index (κ2) is 4.56. The molecule has 6 heteroatoms. The number of fused-ring (bicyclic) bond motifs is 1. The van der Waals surface area contributed by atoms with Crippen molar-refractivity contribution in [3.63, 3.8) is 0 Å². The zero-order valence-corrected chi connectivity index (χ0v) is 11.1. The predicted octanol–water partition coefficient (Wildman–Crippen LogP) is 1.24. The van der Waals surface area contributed by atoms with Crippen LogP contribution in [0.1, 0.15) is 10.6 Å². The molecule has 1 unspecified atom stereocenters. The molecule has 0 aliphatic carbocycles. The van der Waals surface area contributed by atoms with Crippen molar-refractivity contribution in [1.82, 2.24) is 4.98 Å². The highest BCUT2D eigenvalue weighted by atomic mass is 32.1. The molecule has 0 radical (unpaired) electrons. The van der Waals surface area contributed by atoms with E-state index in [0.29, 0.717) is 5.71 Å².